The molecular formula is C12H28NNaO3S. The fourth-order valence-electron chi connectivity index (χ4n) is 1.65. The van der Waals surface area contributed by atoms with Crippen LogP contribution >= 0.6 is 0 Å². The van der Waals surface area contributed by atoms with Crippen LogP contribution in [-0.2, 0) is 14.3 Å². The molecule has 106 valence electrons. The quantitative estimate of drug-likeness (QED) is 0.339. The van der Waals surface area contributed by atoms with Gasteiger partial charge in [0.15, 0.2) is 0 Å². The van der Waals surface area contributed by atoms with Crippen molar-refractivity contribution in [3.63, 3.8) is 0 Å². The van der Waals surface area contributed by atoms with Crippen LogP contribution in [0.2, 0.25) is 0 Å². The van der Waals surface area contributed by atoms with Gasteiger partial charge in [-0.05, 0) is 6.42 Å². The van der Waals surface area contributed by atoms with E-state index in [1.165, 1.54) is 38.5 Å². The molecule has 0 saturated heterocycles. The van der Waals surface area contributed by atoms with E-state index in [1.807, 2.05) is 0 Å². The summed E-state index contributed by atoms with van der Waals surface area (Å²) in [5.74, 6) is -0.426. The third kappa shape index (κ3) is 14.9. The van der Waals surface area contributed by atoms with E-state index in [4.69, 9.17) is 5.73 Å². The SMILES string of the molecule is CCCCCCCCCCCOS(=O)(=O)CN.[NaH]. The van der Waals surface area contributed by atoms with Crippen molar-refractivity contribution in [1.82, 2.24) is 0 Å². The van der Waals surface area contributed by atoms with Crippen LogP contribution in [0.25, 0.3) is 0 Å². The molecule has 18 heavy (non-hydrogen) atoms. The van der Waals surface area contributed by atoms with E-state index >= 15 is 0 Å². The van der Waals surface area contributed by atoms with Crippen LogP contribution in [0.3, 0.4) is 0 Å². The molecule has 0 radical (unpaired) electrons. The van der Waals surface area contributed by atoms with E-state index in [-0.39, 0.29) is 36.2 Å². The van der Waals surface area contributed by atoms with Crippen molar-refractivity contribution in [3.8, 4) is 0 Å². The molecule has 0 heterocycles. The fraction of sp³-hybridized carbons (Fsp3) is 1.00. The van der Waals surface area contributed by atoms with Gasteiger partial charge in [0.1, 0.15) is 5.88 Å². The standard InChI is InChI=1S/C12H27NO3S.Na.H/c1-2-3-4-5-6-7-8-9-10-11-16-17(14,15)12-13;;/h2-13H2,1H3;;. The van der Waals surface area contributed by atoms with Crippen LogP contribution in [0.4, 0.5) is 0 Å². The maximum absolute atomic E-state index is 10.9. The minimum absolute atomic E-state index is 0. The molecule has 0 aromatic carbocycles. The van der Waals surface area contributed by atoms with E-state index in [0.29, 0.717) is 0 Å². The molecule has 0 amide bonds. The van der Waals surface area contributed by atoms with Crippen molar-refractivity contribution in [1.29, 1.82) is 0 Å². The molecular weight excluding hydrogens is 261 g/mol. The Kier molecular flexibility index (Phi) is 16.8. The Hall–Kier alpha value is 0.870. The van der Waals surface area contributed by atoms with Crippen molar-refractivity contribution in [3.05, 3.63) is 0 Å². The molecule has 0 aliphatic heterocycles. The first-order chi connectivity index (χ1) is 8.12. The summed E-state index contributed by atoms with van der Waals surface area (Å²) >= 11 is 0. The number of unbranched alkanes of at least 4 members (excludes halogenated alkanes) is 8. The van der Waals surface area contributed by atoms with Crippen LogP contribution in [0.15, 0.2) is 0 Å². The Bertz CT molecular complexity index is 258. The molecule has 0 saturated carbocycles. The van der Waals surface area contributed by atoms with E-state index in [2.05, 4.69) is 11.1 Å². The van der Waals surface area contributed by atoms with E-state index in [0.717, 1.165) is 19.3 Å². The Labute approximate surface area is 134 Å². The molecule has 0 spiro atoms. The van der Waals surface area contributed by atoms with Gasteiger partial charge in [0, 0.05) is 0 Å². The molecule has 0 aromatic heterocycles. The van der Waals surface area contributed by atoms with Crippen molar-refractivity contribution >= 4 is 39.7 Å². The Morgan fingerprint density at radius 2 is 1.33 bits per heavy atom. The second-order valence-electron chi connectivity index (χ2n) is 4.37. The number of rotatable bonds is 12. The van der Waals surface area contributed by atoms with Gasteiger partial charge in [-0.1, -0.05) is 58.3 Å². The zero-order chi connectivity index (χ0) is 13.0. The van der Waals surface area contributed by atoms with Crippen molar-refractivity contribution in [2.45, 2.75) is 64.7 Å². The van der Waals surface area contributed by atoms with Gasteiger partial charge >= 0.3 is 29.6 Å². The molecule has 2 N–H and O–H groups in total. The first-order valence-electron chi connectivity index (χ1n) is 6.69. The zero-order valence-corrected chi connectivity index (χ0v) is 11.8. The van der Waals surface area contributed by atoms with E-state index in [9.17, 15) is 8.42 Å². The molecule has 0 aliphatic carbocycles. The third-order valence-electron chi connectivity index (χ3n) is 2.71. The molecule has 0 fully saturated rings. The molecule has 0 bridgehead atoms. The van der Waals surface area contributed by atoms with Gasteiger partial charge in [0.2, 0.25) is 0 Å². The second-order valence-corrected chi connectivity index (χ2v) is 6.06. The summed E-state index contributed by atoms with van der Waals surface area (Å²) in [6, 6.07) is 0. The summed E-state index contributed by atoms with van der Waals surface area (Å²) in [6.45, 7) is 2.49. The summed E-state index contributed by atoms with van der Waals surface area (Å²) in [5, 5.41) is 0. The molecule has 0 atom stereocenters. The minimum atomic E-state index is -3.45. The van der Waals surface area contributed by atoms with Gasteiger partial charge in [-0.2, -0.15) is 8.42 Å². The van der Waals surface area contributed by atoms with Gasteiger partial charge in [-0.3, -0.25) is 4.18 Å². The Balaban J connectivity index is 0. The topological polar surface area (TPSA) is 69.4 Å². The van der Waals surface area contributed by atoms with Crippen LogP contribution in [0.1, 0.15) is 64.7 Å². The molecule has 6 heteroatoms. The number of hydrogen-bond acceptors (Lipinski definition) is 4. The van der Waals surface area contributed by atoms with Gasteiger partial charge in [0.25, 0.3) is 10.1 Å². The van der Waals surface area contributed by atoms with Crippen molar-refractivity contribution in [2.75, 3.05) is 12.5 Å². The number of hydrogen-bond donors (Lipinski definition) is 1. The maximum atomic E-state index is 10.9. The summed E-state index contributed by atoms with van der Waals surface area (Å²) in [7, 11) is -3.45. The average Bonchev–Trinajstić information content (AvgIpc) is 2.31. The van der Waals surface area contributed by atoms with Gasteiger partial charge in [-0.15, -0.1) is 0 Å². The van der Waals surface area contributed by atoms with Crippen LogP contribution < -0.4 is 5.73 Å². The van der Waals surface area contributed by atoms with Gasteiger partial charge in [-0.25, -0.2) is 0 Å². The number of nitrogens with two attached hydrogens (primary N) is 1. The molecule has 0 aromatic rings. The monoisotopic (exact) mass is 289 g/mol. The summed E-state index contributed by atoms with van der Waals surface area (Å²) in [4.78, 5) is 0. The third-order valence-corrected chi connectivity index (χ3v) is 3.65. The van der Waals surface area contributed by atoms with Crippen molar-refractivity contribution in [2.24, 2.45) is 5.73 Å². The zero-order valence-electron chi connectivity index (χ0n) is 11.0. The average molecular weight is 289 g/mol. The second kappa shape index (κ2) is 14.3. The molecule has 0 rings (SSSR count). The normalized spacial score (nSPS) is 11.2. The Morgan fingerprint density at radius 3 is 1.78 bits per heavy atom. The molecule has 0 aliphatic rings. The summed E-state index contributed by atoms with van der Waals surface area (Å²) < 4.78 is 26.5. The fourth-order valence-corrected chi connectivity index (χ4v) is 2.11. The summed E-state index contributed by atoms with van der Waals surface area (Å²) in [6.07, 6.45) is 10.8. The van der Waals surface area contributed by atoms with Crippen LogP contribution in [-0.4, -0.2) is 50.5 Å². The first kappa shape index (κ1) is 21.2. The van der Waals surface area contributed by atoms with E-state index < -0.39 is 16.0 Å². The van der Waals surface area contributed by atoms with Gasteiger partial charge < -0.3 is 5.73 Å². The Morgan fingerprint density at radius 1 is 0.889 bits per heavy atom. The van der Waals surface area contributed by atoms with Crippen molar-refractivity contribution < 1.29 is 12.6 Å². The van der Waals surface area contributed by atoms with E-state index in [1.54, 1.807) is 0 Å². The molecule has 4 nitrogen and oxygen atoms in total. The summed E-state index contributed by atoms with van der Waals surface area (Å²) in [5.41, 5.74) is 5.01. The molecule has 0 unspecified atom stereocenters. The first-order valence-corrected chi connectivity index (χ1v) is 8.27. The predicted octanol–water partition coefficient (Wildman–Crippen LogP) is 2.13. The van der Waals surface area contributed by atoms with Crippen LogP contribution in [0.5, 0.6) is 0 Å². The predicted molar refractivity (Wildman–Crippen MR) is 78.3 cm³/mol. The van der Waals surface area contributed by atoms with Gasteiger partial charge in [0.05, 0.1) is 6.61 Å². The van der Waals surface area contributed by atoms with Crippen LogP contribution in [0, 0.1) is 0 Å².